The number of H-pyrrole nitrogens is 1. The number of rotatable bonds is 25. The van der Waals surface area contributed by atoms with E-state index in [1.165, 1.54) is 17.8 Å². The maximum atomic E-state index is 13.8. The van der Waals surface area contributed by atoms with Gasteiger partial charge in [-0.15, -0.1) is 0 Å². The number of nitrogens with two attached hydrogens (primary N) is 1. The van der Waals surface area contributed by atoms with Crippen LogP contribution in [0.5, 0.6) is 11.5 Å². The number of nitrogens with zero attached hydrogens (tertiary/aromatic N) is 2. The number of ether oxygens (including phenoxy) is 2. The Bertz CT molecular complexity index is 3110. The number of hydrogen-bond acceptors (Lipinski definition) is 10. The Morgan fingerprint density at radius 2 is 1.58 bits per heavy atom. The Morgan fingerprint density at radius 1 is 0.838 bits per heavy atom. The van der Waals surface area contributed by atoms with E-state index in [-0.39, 0.29) is 33.9 Å². The van der Waals surface area contributed by atoms with Gasteiger partial charge >= 0.3 is 0 Å². The summed E-state index contributed by atoms with van der Waals surface area (Å²) < 4.78 is 18.3. The van der Waals surface area contributed by atoms with Gasteiger partial charge in [-0.3, -0.25) is 19.4 Å². The second kappa shape index (κ2) is 24.9. The van der Waals surface area contributed by atoms with Gasteiger partial charge in [0.2, 0.25) is 5.56 Å². The molecule has 0 aliphatic heterocycles. The van der Waals surface area contributed by atoms with Gasteiger partial charge in [0.05, 0.1) is 35.5 Å². The molecule has 7 rings (SSSR count). The van der Waals surface area contributed by atoms with E-state index in [1.807, 2.05) is 79.7 Å². The zero-order chi connectivity index (χ0) is 53.0. The molecular formula is C60H74N6O7Si. The highest BCUT2D eigenvalue weighted by Crippen LogP contribution is 2.41. The average molecular weight is 1020 g/mol. The van der Waals surface area contributed by atoms with E-state index in [9.17, 15) is 19.5 Å². The van der Waals surface area contributed by atoms with E-state index in [1.54, 1.807) is 31.2 Å². The Hall–Kier alpha value is -6.84. The van der Waals surface area contributed by atoms with Gasteiger partial charge in [0.1, 0.15) is 11.5 Å². The van der Waals surface area contributed by atoms with Crippen molar-refractivity contribution in [2.45, 2.75) is 103 Å². The number of unbranched alkanes of at least 4 members (excludes halogenated alkanes) is 4. The number of hydrogen-bond donors (Lipinski definition) is 5. The number of pyridine rings is 2. The number of nitrogens with one attached hydrogen (secondary N) is 3. The molecule has 13 nitrogen and oxygen atoms in total. The maximum Gasteiger partial charge on any atom is 0.258 e. The van der Waals surface area contributed by atoms with Crippen LogP contribution in [-0.4, -0.2) is 75.7 Å². The summed E-state index contributed by atoms with van der Waals surface area (Å²) in [6, 6.07) is 34.4. The molecule has 390 valence electrons. The van der Waals surface area contributed by atoms with Crippen LogP contribution < -0.4 is 31.6 Å². The molecule has 0 aliphatic rings. The van der Waals surface area contributed by atoms with E-state index < -0.39 is 14.2 Å². The first-order valence-electron chi connectivity index (χ1n) is 25.8. The summed E-state index contributed by atoms with van der Waals surface area (Å²) in [7, 11) is 1.27. The minimum Gasteiger partial charge on any atom is -0.506 e. The average Bonchev–Trinajstić information content (AvgIpc) is 3.37. The van der Waals surface area contributed by atoms with Gasteiger partial charge in [-0.2, -0.15) is 0 Å². The fraction of sp³-hybridized carbons (Fsp3) is 0.367. The summed E-state index contributed by atoms with van der Waals surface area (Å²) in [5.41, 5.74) is 14.9. The number of benzene rings is 5. The number of aromatic nitrogens is 2. The molecule has 1 atom stereocenters. The van der Waals surface area contributed by atoms with Crippen LogP contribution in [0, 0.1) is 6.92 Å². The lowest BCUT2D eigenvalue weighted by Gasteiger charge is -2.39. The highest BCUT2D eigenvalue weighted by molar-refractivity contribution is 6.74. The number of primary amides is 1. The fourth-order valence-corrected chi connectivity index (χ4v) is 10.3. The Balaban J connectivity index is 0.823. The van der Waals surface area contributed by atoms with E-state index in [0.717, 1.165) is 115 Å². The van der Waals surface area contributed by atoms with E-state index >= 15 is 0 Å². The lowest BCUT2D eigenvalue weighted by atomic mass is 9.97. The molecule has 2 heterocycles. The van der Waals surface area contributed by atoms with Gasteiger partial charge in [0, 0.05) is 72.8 Å². The number of carbonyl (C=O) groups is 2. The van der Waals surface area contributed by atoms with Crippen molar-refractivity contribution in [1.29, 1.82) is 0 Å². The van der Waals surface area contributed by atoms with Gasteiger partial charge in [-0.1, -0.05) is 76.1 Å². The molecule has 6 N–H and O–H groups in total. The largest absolute Gasteiger partial charge is 0.506 e. The summed E-state index contributed by atoms with van der Waals surface area (Å²) in [5.74, 6) is 0.0503. The molecule has 0 aliphatic carbocycles. The molecule has 0 radical (unpaired) electrons. The molecule has 5 aromatic carbocycles. The number of aryl methyl sites for hydroxylation is 2. The number of phenols is 1. The van der Waals surface area contributed by atoms with Crippen molar-refractivity contribution >= 4 is 59.0 Å². The van der Waals surface area contributed by atoms with Crippen molar-refractivity contribution in [1.82, 2.24) is 15.3 Å². The highest BCUT2D eigenvalue weighted by atomic mass is 28.4. The number of methoxy groups -OCH3 is 1. The summed E-state index contributed by atoms with van der Waals surface area (Å²) in [4.78, 5) is 47.6. The monoisotopic (exact) mass is 1020 g/mol. The number of anilines is 3. The molecule has 0 unspecified atom stereocenters. The lowest BCUT2D eigenvalue weighted by Crippen LogP contribution is -2.43. The number of phenolic OH excluding ortho intramolecular Hbond substituents is 1. The van der Waals surface area contributed by atoms with Crippen molar-refractivity contribution in [2.75, 3.05) is 50.7 Å². The molecule has 2 amide bonds. The Labute approximate surface area is 437 Å². The summed E-state index contributed by atoms with van der Waals surface area (Å²) in [6.07, 6.45) is 9.08. The number of aromatic amines is 1. The zero-order valence-electron chi connectivity index (χ0n) is 44.4. The number of aromatic hydroxyl groups is 1. The van der Waals surface area contributed by atoms with Crippen LogP contribution in [-0.2, 0) is 22.0 Å². The van der Waals surface area contributed by atoms with Crippen molar-refractivity contribution in [3.63, 3.8) is 0 Å². The van der Waals surface area contributed by atoms with Crippen LogP contribution in [0.1, 0.15) is 114 Å². The normalized spacial score (nSPS) is 12.3. The summed E-state index contributed by atoms with van der Waals surface area (Å²) in [6.45, 7) is 16.2. The molecule has 74 heavy (non-hydrogen) atoms. The molecule has 0 bridgehead atoms. The molecule has 2 aromatic heterocycles. The van der Waals surface area contributed by atoms with Crippen molar-refractivity contribution in [2.24, 2.45) is 5.73 Å². The van der Waals surface area contributed by atoms with Crippen LogP contribution in [0.3, 0.4) is 0 Å². The Morgan fingerprint density at radius 3 is 2.32 bits per heavy atom. The first kappa shape index (κ1) is 54.9. The SMILES string of the molecule is COc1cccc(Nc2c(C(N)=O)cnc3c(C)cc(Cc4cccc(C(=O)N(C)c5ccc(CCCCOCCCCCCNC[C@H](O[Si](C)(C)C(C)(C)C)c6ccc(O)c7[nH]c(=O)ccc67)cc5)c4)cc23)c1. The molecule has 0 saturated carbocycles. The summed E-state index contributed by atoms with van der Waals surface area (Å²) in [5, 5.41) is 19.1. The zero-order valence-corrected chi connectivity index (χ0v) is 45.4. The number of amides is 2. The minimum atomic E-state index is -2.14. The number of fused-ring (bicyclic) bond motifs is 2. The molecule has 0 spiro atoms. The van der Waals surface area contributed by atoms with Crippen LogP contribution in [0.15, 0.2) is 120 Å². The van der Waals surface area contributed by atoms with Gasteiger partial charge < -0.3 is 45.3 Å². The third kappa shape index (κ3) is 14.1. The quantitative estimate of drug-likeness (QED) is 0.0273. The second-order valence-electron chi connectivity index (χ2n) is 20.8. The first-order chi connectivity index (χ1) is 35.4. The minimum absolute atomic E-state index is 0.0244. The van der Waals surface area contributed by atoms with E-state index in [2.05, 4.69) is 72.7 Å². The number of carbonyl (C=O) groups excluding carboxylic acids is 2. The van der Waals surface area contributed by atoms with Crippen LogP contribution in [0.4, 0.5) is 17.1 Å². The molecule has 0 fully saturated rings. The maximum absolute atomic E-state index is 13.8. The fourth-order valence-electron chi connectivity index (χ4n) is 9.03. The highest BCUT2D eigenvalue weighted by Gasteiger charge is 2.40. The van der Waals surface area contributed by atoms with Crippen molar-refractivity contribution < 1.29 is 28.6 Å². The van der Waals surface area contributed by atoms with Crippen molar-refractivity contribution in [3.05, 3.63) is 165 Å². The van der Waals surface area contributed by atoms with Gasteiger partial charge in [-0.25, -0.2) is 0 Å². The topological polar surface area (TPSA) is 181 Å². The second-order valence-corrected chi connectivity index (χ2v) is 25.6. The summed E-state index contributed by atoms with van der Waals surface area (Å²) >= 11 is 0. The predicted octanol–water partition coefficient (Wildman–Crippen LogP) is 12.1. The lowest BCUT2D eigenvalue weighted by molar-refractivity contribution is 0.0988. The molecule has 14 heteroatoms. The first-order valence-corrected chi connectivity index (χ1v) is 28.7. The van der Waals surface area contributed by atoms with Crippen molar-refractivity contribution in [3.8, 4) is 11.5 Å². The third-order valence-corrected chi connectivity index (χ3v) is 18.7. The molecule has 0 saturated heterocycles. The molecule has 7 aromatic rings. The molecular weight excluding hydrogens is 945 g/mol. The third-order valence-electron chi connectivity index (χ3n) is 14.3. The van der Waals surface area contributed by atoms with Gasteiger partial charge in [0.25, 0.3) is 11.8 Å². The Kier molecular flexibility index (Phi) is 18.5. The van der Waals surface area contributed by atoms with E-state index in [0.29, 0.717) is 35.5 Å². The van der Waals surface area contributed by atoms with E-state index in [4.69, 9.17) is 19.6 Å². The predicted molar refractivity (Wildman–Crippen MR) is 302 cm³/mol. The van der Waals surface area contributed by atoms with Gasteiger partial charge in [0.15, 0.2) is 8.32 Å². The standard InChI is InChI=1S/C60H74N6O7Si/c1-40-33-43(36-50-55(40)63-38-51(58(61)69)56(50)64-45-20-16-21-47(37-45)71-6)34-42-18-15-19-44(35-42)59(70)66(5)46-24-22-41(23-25-46)17-11-14-32-72-31-13-10-9-12-30-62-39-53(73-74(7,8)60(2,3)4)48-26-28-52(67)57-49(48)27-29-54(68)65-57/h15-16,18-29,33,35-38,53,62,67H,9-14,17,30-32,34,39H2,1-8H3,(H2,61,69)(H,63,64)(H,65,68)/t53-/m0/s1. The van der Waals surface area contributed by atoms with Gasteiger partial charge in [-0.05, 0) is 153 Å². The van der Waals surface area contributed by atoms with Crippen LogP contribution in [0.25, 0.3) is 21.8 Å². The smallest absolute Gasteiger partial charge is 0.258 e. The van der Waals surface area contributed by atoms with Crippen LogP contribution >= 0.6 is 0 Å². The van der Waals surface area contributed by atoms with Crippen LogP contribution in [0.2, 0.25) is 18.1 Å².